The maximum absolute atomic E-state index is 2.90. The number of piperazine rings is 1. The molecule has 0 aromatic heterocycles. The number of likely N-dealkylation sites (tertiary alicyclic amines) is 1. The van der Waals surface area contributed by atoms with Crippen LogP contribution in [0, 0.1) is 0 Å². The third kappa shape index (κ3) is 2.57. The second-order valence-electron chi connectivity index (χ2n) is 8.87. The highest BCUT2D eigenvalue weighted by Gasteiger charge is 2.69. The van der Waals surface area contributed by atoms with Crippen LogP contribution < -0.4 is 0 Å². The topological polar surface area (TPSA) is 3.24 Å². The lowest BCUT2D eigenvalue weighted by atomic mass is 10.0. The van der Waals surface area contributed by atoms with Gasteiger partial charge < -0.3 is 4.48 Å². The first-order valence-electron chi connectivity index (χ1n) is 10.5. The van der Waals surface area contributed by atoms with Crippen LogP contribution in [0.5, 0.6) is 0 Å². The number of alkyl halides is 1. The lowest BCUT2D eigenvalue weighted by Gasteiger charge is -2.49. The van der Waals surface area contributed by atoms with E-state index < -0.39 is 0 Å². The quantitative estimate of drug-likeness (QED) is 0.321. The first-order chi connectivity index (χ1) is 13.2. The van der Waals surface area contributed by atoms with Crippen LogP contribution in [-0.4, -0.2) is 44.5 Å². The van der Waals surface area contributed by atoms with Crippen molar-refractivity contribution in [3.63, 3.8) is 0 Å². The number of rotatable bonds is 5. The molecular formula is C24H30IN2+. The number of quaternary nitrogens is 1. The van der Waals surface area contributed by atoms with Crippen LogP contribution in [0.25, 0.3) is 0 Å². The molecule has 2 aromatic carbocycles. The minimum Gasteiger partial charge on any atom is -0.309 e. The Balaban J connectivity index is 1.49. The van der Waals surface area contributed by atoms with Crippen LogP contribution in [0.1, 0.15) is 49.9 Å². The van der Waals surface area contributed by atoms with Gasteiger partial charge in [0.2, 0.25) is 0 Å². The van der Waals surface area contributed by atoms with Crippen LogP contribution in [0.15, 0.2) is 60.7 Å². The molecular weight excluding hydrogens is 443 g/mol. The van der Waals surface area contributed by atoms with E-state index in [1.165, 1.54) is 39.4 Å². The first kappa shape index (κ1) is 18.1. The van der Waals surface area contributed by atoms with E-state index in [0.717, 1.165) is 24.2 Å². The molecule has 27 heavy (non-hydrogen) atoms. The number of halogens is 1. The smallest absolute Gasteiger partial charge is 0.112 e. The number of benzene rings is 2. The van der Waals surface area contributed by atoms with Gasteiger partial charge in [0.25, 0.3) is 0 Å². The molecule has 2 nitrogen and oxygen atoms in total. The number of nitrogens with zero attached hydrogens (tertiary/aromatic N) is 2. The van der Waals surface area contributed by atoms with Crippen LogP contribution in [0.3, 0.4) is 0 Å². The summed E-state index contributed by atoms with van der Waals surface area (Å²) >= 11 is 2.66. The Morgan fingerprint density at radius 2 is 1.59 bits per heavy atom. The lowest BCUT2D eigenvalue weighted by Crippen LogP contribution is -2.61. The summed E-state index contributed by atoms with van der Waals surface area (Å²) in [6, 6.07) is 26.7. The van der Waals surface area contributed by atoms with Crippen molar-refractivity contribution in [2.45, 2.75) is 62.9 Å². The fourth-order valence-electron chi connectivity index (χ4n) is 6.86. The molecule has 0 radical (unpaired) electrons. The van der Waals surface area contributed by atoms with Gasteiger partial charge in [0.15, 0.2) is 0 Å². The predicted octanol–water partition coefficient (Wildman–Crippen LogP) is 5.36. The highest BCUT2D eigenvalue weighted by molar-refractivity contribution is 14.1. The van der Waals surface area contributed by atoms with Gasteiger partial charge in [0.05, 0.1) is 23.1 Å². The molecule has 3 saturated heterocycles. The van der Waals surface area contributed by atoms with E-state index in [2.05, 4.69) is 102 Å². The zero-order valence-corrected chi connectivity index (χ0v) is 18.5. The maximum atomic E-state index is 2.90. The standard InChI is InChI=1S/C24H30IN2/c1-17(19-9-5-3-6-10-19)26-21-13-24-23(26)14-22(15-25)27(24,16-21)18(2)20-11-7-4-8-12-20/h3-12,17-18,21-24H,13-16H2,1-2H3/q+1/t17-,18-,21?,22+,23?,24?,27?/m0/s1. The molecule has 3 fully saturated rings. The van der Waals surface area contributed by atoms with E-state index in [1.54, 1.807) is 0 Å². The zero-order chi connectivity index (χ0) is 18.6. The monoisotopic (exact) mass is 473 g/mol. The van der Waals surface area contributed by atoms with Crippen LogP contribution >= 0.6 is 22.6 Å². The van der Waals surface area contributed by atoms with Gasteiger partial charge >= 0.3 is 0 Å². The van der Waals surface area contributed by atoms with E-state index in [0.29, 0.717) is 12.1 Å². The highest BCUT2D eigenvalue weighted by atomic mass is 127. The van der Waals surface area contributed by atoms with Crippen LogP contribution in [-0.2, 0) is 0 Å². The zero-order valence-electron chi connectivity index (χ0n) is 16.3. The molecule has 7 atom stereocenters. The summed E-state index contributed by atoms with van der Waals surface area (Å²) in [4.78, 5) is 2.90. The summed E-state index contributed by atoms with van der Waals surface area (Å²) in [7, 11) is 0. The molecule has 0 amide bonds. The second-order valence-corrected chi connectivity index (χ2v) is 9.75. The third-order valence-electron chi connectivity index (χ3n) is 8.01. The number of hydrogen-bond acceptors (Lipinski definition) is 1. The summed E-state index contributed by atoms with van der Waals surface area (Å²) in [5, 5.41) is 0. The summed E-state index contributed by atoms with van der Waals surface area (Å²) in [6.07, 6.45) is 2.77. The van der Waals surface area contributed by atoms with E-state index in [9.17, 15) is 0 Å². The Bertz CT molecular complexity index is 795. The Morgan fingerprint density at radius 1 is 0.963 bits per heavy atom. The Hall–Kier alpha value is -0.910. The second kappa shape index (κ2) is 6.85. The molecule has 142 valence electrons. The summed E-state index contributed by atoms with van der Waals surface area (Å²) in [5.41, 5.74) is 3.01. The fraction of sp³-hybridized carbons (Fsp3) is 0.500. The minimum absolute atomic E-state index is 0.536. The van der Waals surface area contributed by atoms with Gasteiger partial charge in [-0.05, 0) is 19.4 Å². The molecule has 5 rings (SSSR count). The van der Waals surface area contributed by atoms with Crippen molar-refractivity contribution >= 4 is 22.6 Å². The highest BCUT2D eigenvalue weighted by Crippen LogP contribution is 2.57. The Kier molecular flexibility index (Phi) is 4.60. The molecule has 0 N–H and O–H groups in total. The molecule has 2 bridgehead atoms. The Labute approximate surface area is 177 Å². The first-order valence-corrected chi connectivity index (χ1v) is 12.0. The van der Waals surface area contributed by atoms with Crippen molar-refractivity contribution in [1.82, 2.24) is 4.90 Å². The van der Waals surface area contributed by atoms with Crippen molar-refractivity contribution in [3.05, 3.63) is 71.8 Å². The van der Waals surface area contributed by atoms with Gasteiger partial charge in [-0.15, -0.1) is 0 Å². The van der Waals surface area contributed by atoms with Gasteiger partial charge in [-0.3, -0.25) is 4.90 Å². The fourth-order valence-corrected chi connectivity index (χ4v) is 7.95. The van der Waals surface area contributed by atoms with Crippen molar-refractivity contribution in [1.29, 1.82) is 0 Å². The molecule has 3 heterocycles. The molecule has 4 unspecified atom stereocenters. The molecule has 0 saturated carbocycles. The molecule has 2 aromatic rings. The maximum Gasteiger partial charge on any atom is 0.112 e. The van der Waals surface area contributed by atoms with Crippen molar-refractivity contribution in [2.24, 2.45) is 0 Å². The lowest BCUT2D eigenvalue weighted by molar-refractivity contribution is -0.977. The Morgan fingerprint density at radius 3 is 2.22 bits per heavy atom. The summed E-state index contributed by atoms with van der Waals surface area (Å²) in [6.45, 7) is 6.27. The van der Waals surface area contributed by atoms with Crippen molar-refractivity contribution in [3.8, 4) is 0 Å². The minimum atomic E-state index is 0.536. The molecule has 3 heteroatoms. The normalized spacial score (nSPS) is 36.9. The predicted molar refractivity (Wildman–Crippen MR) is 120 cm³/mol. The SMILES string of the molecule is C[C@@H](c1ccccc1)N1C2CC3C1C[C@H](CI)[N+]3([C@@H](C)c1ccccc1)C2. The van der Waals surface area contributed by atoms with Gasteiger partial charge in [-0.1, -0.05) is 83.3 Å². The van der Waals surface area contributed by atoms with Crippen molar-refractivity contribution in [2.75, 3.05) is 11.0 Å². The summed E-state index contributed by atoms with van der Waals surface area (Å²) < 4.78 is 2.63. The van der Waals surface area contributed by atoms with Gasteiger partial charge in [-0.2, -0.15) is 0 Å². The largest absolute Gasteiger partial charge is 0.309 e. The van der Waals surface area contributed by atoms with Crippen LogP contribution in [0.2, 0.25) is 0 Å². The molecule has 0 aliphatic carbocycles. The van der Waals surface area contributed by atoms with Gasteiger partial charge in [0, 0.05) is 24.4 Å². The van der Waals surface area contributed by atoms with E-state index in [-0.39, 0.29) is 0 Å². The molecule has 0 spiro atoms. The van der Waals surface area contributed by atoms with E-state index in [1.807, 2.05) is 0 Å². The number of hydrogen-bond donors (Lipinski definition) is 0. The average molecular weight is 473 g/mol. The van der Waals surface area contributed by atoms with Gasteiger partial charge in [0.1, 0.15) is 18.1 Å². The number of fused-ring (bicyclic) bond motifs is 1. The summed E-state index contributed by atoms with van der Waals surface area (Å²) in [5.74, 6) is 0. The molecule has 3 aliphatic rings. The average Bonchev–Trinajstić information content (AvgIpc) is 3.33. The van der Waals surface area contributed by atoms with Crippen molar-refractivity contribution < 1.29 is 4.48 Å². The third-order valence-corrected chi connectivity index (χ3v) is 9.03. The van der Waals surface area contributed by atoms with Crippen LogP contribution in [0.4, 0.5) is 0 Å². The van der Waals surface area contributed by atoms with E-state index in [4.69, 9.17) is 0 Å². The molecule has 3 aliphatic heterocycles. The van der Waals surface area contributed by atoms with Gasteiger partial charge in [-0.25, -0.2) is 0 Å². The van der Waals surface area contributed by atoms with E-state index >= 15 is 0 Å².